The molecule has 0 fully saturated rings. The van der Waals surface area contributed by atoms with E-state index < -0.39 is 5.97 Å². The zero-order chi connectivity index (χ0) is 19.7. The van der Waals surface area contributed by atoms with E-state index in [2.05, 4.69) is 10.3 Å². The number of rotatable bonds is 4. The first-order valence-corrected chi connectivity index (χ1v) is 9.42. The van der Waals surface area contributed by atoms with Crippen molar-refractivity contribution in [2.24, 2.45) is 0 Å². The van der Waals surface area contributed by atoms with Crippen molar-refractivity contribution in [3.05, 3.63) is 76.9 Å². The van der Waals surface area contributed by atoms with Crippen LogP contribution in [0, 0.1) is 6.92 Å². The number of thiazole rings is 1. The maximum absolute atomic E-state index is 12.8. The van der Waals surface area contributed by atoms with Crippen molar-refractivity contribution in [1.82, 2.24) is 9.38 Å². The summed E-state index contributed by atoms with van der Waals surface area (Å²) in [7, 11) is 1.32. The number of carbonyl (C=O) groups is 2. The first kappa shape index (κ1) is 17.9. The van der Waals surface area contributed by atoms with Gasteiger partial charge in [0.05, 0.1) is 18.4 Å². The smallest absolute Gasteiger partial charge is 0.337 e. The van der Waals surface area contributed by atoms with E-state index in [1.165, 1.54) is 18.4 Å². The molecule has 0 saturated heterocycles. The molecule has 28 heavy (non-hydrogen) atoms. The number of imidazole rings is 1. The van der Waals surface area contributed by atoms with Crippen molar-refractivity contribution in [2.45, 2.75) is 6.92 Å². The van der Waals surface area contributed by atoms with Crippen LogP contribution in [-0.4, -0.2) is 28.4 Å². The number of esters is 1. The number of methoxy groups -OCH3 is 1. The van der Waals surface area contributed by atoms with E-state index >= 15 is 0 Å². The van der Waals surface area contributed by atoms with Crippen molar-refractivity contribution < 1.29 is 14.3 Å². The van der Waals surface area contributed by atoms with Crippen molar-refractivity contribution in [1.29, 1.82) is 0 Å². The summed E-state index contributed by atoms with van der Waals surface area (Å²) in [4.78, 5) is 30.4. The zero-order valence-electron chi connectivity index (χ0n) is 15.3. The second-order valence-electron chi connectivity index (χ2n) is 6.19. The fourth-order valence-corrected chi connectivity index (χ4v) is 3.94. The van der Waals surface area contributed by atoms with Crippen LogP contribution in [0.5, 0.6) is 0 Å². The zero-order valence-corrected chi connectivity index (χ0v) is 16.1. The molecule has 2 aromatic carbocycles. The third-order valence-electron chi connectivity index (χ3n) is 4.37. The molecule has 2 heterocycles. The van der Waals surface area contributed by atoms with Gasteiger partial charge < -0.3 is 10.1 Å². The number of nitrogens with zero attached hydrogens (tertiary/aromatic N) is 2. The maximum Gasteiger partial charge on any atom is 0.337 e. The Morgan fingerprint density at radius 1 is 1.11 bits per heavy atom. The van der Waals surface area contributed by atoms with Gasteiger partial charge in [-0.3, -0.25) is 9.20 Å². The van der Waals surface area contributed by atoms with Gasteiger partial charge in [0.2, 0.25) is 0 Å². The van der Waals surface area contributed by atoms with Crippen LogP contribution in [-0.2, 0) is 4.74 Å². The van der Waals surface area contributed by atoms with Crippen molar-refractivity contribution in [3.63, 3.8) is 0 Å². The van der Waals surface area contributed by atoms with E-state index in [0.29, 0.717) is 16.1 Å². The van der Waals surface area contributed by atoms with Crippen molar-refractivity contribution in [2.75, 3.05) is 12.4 Å². The molecule has 7 heteroatoms. The van der Waals surface area contributed by atoms with Gasteiger partial charge in [0.25, 0.3) is 5.91 Å². The minimum atomic E-state index is -0.449. The predicted molar refractivity (Wildman–Crippen MR) is 109 cm³/mol. The summed E-state index contributed by atoms with van der Waals surface area (Å²) in [5.74, 6) is -0.688. The monoisotopic (exact) mass is 391 g/mol. The topological polar surface area (TPSA) is 72.7 Å². The quantitative estimate of drug-likeness (QED) is 0.523. The van der Waals surface area contributed by atoms with Crippen LogP contribution in [0.15, 0.2) is 60.8 Å². The maximum atomic E-state index is 12.8. The molecule has 4 aromatic rings. The van der Waals surface area contributed by atoms with Crippen LogP contribution in [0.4, 0.5) is 5.69 Å². The highest BCUT2D eigenvalue weighted by Crippen LogP contribution is 2.27. The summed E-state index contributed by atoms with van der Waals surface area (Å²) in [6.07, 6.45) is 1.94. The first-order valence-electron chi connectivity index (χ1n) is 8.60. The Kier molecular flexibility index (Phi) is 4.67. The van der Waals surface area contributed by atoms with Crippen LogP contribution in [0.1, 0.15) is 25.7 Å². The van der Waals surface area contributed by atoms with Gasteiger partial charge in [0.1, 0.15) is 4.88 Å². The van der Waals surface area contributed by atoms with Gasteiger partial charge in [-0.2, -0.15) is 0 Å². The SMILES string of the molecule is COC(=O)c1cccc(NC(=O)c2sc3nc(-c4ccccc4)cn3c2C)c1. The van der Waals surface area contributed by atoms with E-state index in [1.807, 2.05) is 47.9 Å². The Bertz CT molecular complexity index is 1180. The molecule has 6 nitrogen and oxygen atoms in total. The Morgan fingerprint density at radius 2 is 1.89 bits per heavy atom. The Morgan fingerprint density at radius 3 is 2.61 bits per heavy atom. The summed E-state index contributed by atoms with van der Waals surface area (Å²) in [5.41, 5.74) is 3.63. The molecule has 2 aromatic heterocycles. The lowest BCUT2D eigenvalue weighted by Crippen LogP contribution is -2.12. The van der Waals surface area contributed by atoms with Crippen LogP contribution in [0.3, 0.4) is 0 Å². The highest BCUT2D eigenvalue weighted by Gasteiger charge is 2.18. The van der Waals surface area contributed by atoms with Crippen molar-refractivity contribution in [3.8, 4) is 11.3 Å². The molecule has 0 bridgehead atoms. The van der Waals surface area contributed by atoms with E-state index in [4.69, 9.17) is 4.74 Å². The van der Waals surface area contributed by atoms with Gasteiger partial charge in [-0.05, 0) is 25.1 Å². The summed E-state index contributed by atoms with van der Waals surface area (Å²) >= 11 is 1.33. The van der Waals surface area contributed by atoms with Gasteiger partial charge in [0, 0.05) is 23.1 Å². The number of aryl methyl sites for hydroxylation is 1. The molecule has 1 amide bonds. The normalized spacial score (nSPS) is 10.8. The van der Waals surface area contributed by atoms with Gasteiger partial charge in [-0.15, -0.1) is 0 Å². The lowest BCUT2D eigenvalue weighted by molar-refractivity contribution is 0.0600. The summed E-state index contributed by atoms with van der Waals surface area (Å²) in [6.45, 7) is 1.89. The number of nitrogens with one attached hydrogen (secondary N) is 1. The highest BCUT2D eigenvalue weighted by atomic mass is 32.1. The lowest BCUT2D eigenvalue weighted by atomic mass is 10.2. The molecule has 1 N–H and O–H groups in total. The van der Waals surface area contributed by atoms with Gasteiger partial charge in [-0.1, -0.05) is 47.7 Å². The third-order valence-corrected chi connectivity index (χ3v) is 5.53. The molecule has 140 valence electrons. The second kappa shape index (κ2) is 7.28. The van der Waals surface area contributed by atoms with Gasteiger partial charge >= 0.3 is 5.97 Å². The number of amides is 1. The number of hydrogen-bond acceptors (Lipinski definition) is 5. The number of fused-ring (bicyclic) bond motifs is 1. The molecule has 0 aliphatic heterocycles. The molecule has 0 aliphatic rings. The Labute approximate surface area is 165 Å². The van der Waals surface area contributed by atoms with E-state index in [1.54, 1.807) is 24.3 Å². The van der Waals surface area contributed by atoms with E-state index in [9.17, 15) is 9.59 Å². The molecule has 0 atom stereocenters. The molecule has 0 radical (unpaired) electrons. The molecule has 0 spiro atoms. The van der Waals surface area contributed by atoms with Crippen LogP contribution >= 0.6 is 11.3 Å². The average Bonchev–Trinajstić information content (AvgIpc) is 3.28. The standard InChI is InChI=1S/C21H17N3O3S/c1-13-18(19(25)22-16-10-6-9-15(11-16)20(26)27-2)28-21-23-17(12-24(13)21)14-7-4-3-5-8-14/h3-12H,1-2H3,(H,22,25). The molecular weight excluding hydrogens is 374 g/mol. The number of aromatic nitrogens is 2. The molecular formula is C21H17N3O3S. The average molecular weight is 391 g/mol. The lowest BCUT2D eigenvalue weighted by Gasteiger charge is -2.06. The molecule has 4 rings (SSSR count). The number of hydrogen-bond donors (Lipinski definition) is 1. The largest absolute Gasteiger partial charge is 0.465 e. The molecule has 0 unspecified atom stereocenters. The third kappa shape index (κ3) is 3.27. The molecule has 0 aliphatic carbocycles. The van der Waals surface area contributed by atoms with Gasteiger partial charge in [0.15, 0.2) is 4.96 Å². The van der Waals surface area contributed by atoms with Gasteiger partial charge in [-0.25, -0.2) is 9.78 Å². The second-order valence-corrected chi connectivity index (χ2v) is 7.17. The Hall–Kier alpha value is -3.45. The number of carbonyl (C=O) groups excluding carboxylic acids is 2. The fraction of sp³-hybridized carbons (Fsp3) is 0.0952. The highest BCUT2D eigenvalue weighted by molar-refractivity contribution is 7.19. The number of benzene rings is 2. The Balaban J connectivity index is 1.61. The summed E-state index contributed by atoms with van der Waals surface area (Å²) < 4.78 is 6.64. The van der Waals surface area contributed by atoms with E-state index in [-0.39, 0.29) is 5.91 Å². The summed E-state index contributed by atoms with van der Waals surface area (Å²) in [5, 5.41) is 2.84. The number of anilines is 1. The fourth-order valence-electron chi connectivity index (χ4n) is 2.94. The predicted octanol–water partition coefficient (Wildman–Crippen LogP) is 4.41. The molecule has 0 saturated carbocycles. The van der Waals surface area contributed by atoms with Crippen LogP contribution < -0.4 is 5.32 Å². The minimum Gasteiger partial charge on any atom is -0.465 e. The van der Waals surface area contributed by atoms with Crippen molar-refractivity contribution >= 4 is 33.9 Å². The van der Waals surface area contributed by atoms with Crippen LogP contribution in [0.25, 0.3) is 16.2 Å². The summed E-state index contributed by atoms with van der Waals surface area (Å²) in [6, 6.07) is 16.6. The first-order chi connectivity index (χ1) is 13.6. The van der Waals surface area contributed by atoms with Crippen LogP contribution in [0.2, 0.25) is 0 Å². The number of ether oxygens (including phenoxy) is 1. The van der Waals surface area contributed by atoms with E-state index in [0.717, 1.165) is 21.9 Å². The minimum absolute atomic E-state index is 0.240.